The van der Waals surface area contributed by atoms with Gasteiger partial charge in [-0.25, -0.2) is 9.37 Å². The summed E-state index contributed by atoms with van der Waals surface area (Å²) in [6.45, 7) is 1.65. The molecule has 0 fully saturated rings. The fraction of sp³-hybridized carbons (Fsp3) is 0.167. The number of ether oxygens (including phenoxy) is 1. The van der Waals surface area contributed by atoms with Crippen LogP contribution in [0.3, 0.4) is 0 Å². The normalized spacial score (nSPS) is 10.6. The average Bonchev–Trinajstić information content (AvgIpc) is 3.12. The molecule has 0 spiro atoms. The fourth-order valence-electron chi connectivity index (χ4n) is 2.24. The number of carbonyl (C=O) groups is 1. The lowest BCUT2D eigenvalue weighted by Crippen LogP contribution is -2.14. The van der Waals surface area contributed by atoms with Crippen molar-refractivity contribution >= 4 is 23.4 Å². The van der Waals surface area contributed by atoms with Gasteiger partial charge in [0.15, 0.2) is 5.82 Å². The highest BCUT2D eigenvalue weighted by atomic mass is 32.2. The number of nitrogens with zero attached hydrogens (tertiary/aromatic N) is 2. The SMILES string of the molecule is COc1ccc(-c2nc(SCC(=O)Nc3ccc(F)c(C)c3)n[nH]2)cc1. The molecule has 6 nitrogen and oxygen atoms in total. The number of thioether (sulfide) groups is 1. The molecule has 0 aliphatic carbocycles. The average molecular weight is 372 g/mol. The Morgan fingerprint density at radius 1 is 1.27 bits per heavy atom. The monoisotopic (exact) mass is 372 g/mol. The van der Waals surface area contributed by atoms with Crippen LogP contribution in [-0.2, 0) is 4.79 Å². The molecule has 0 atom stereocenters. The van der Waals surface area contributed by atoms with E-state index >= 15 is 0 Å². The maximum Gasteiger partial charge on any atom is 0.234 e. The first-order chi connectivity index (χ1) is 12.5. The third-order valence-corrected chi connectivity index (χ3v) is 4.45. The highest BCUT2D eigenvalue weighted by Gasteiger charge is 2.10. The van der Waals surface area contributed by atoms with Gasteiger partial charge >= 0.3 is 0 Å². The smallest absolute Gasteiger partial charge is 0.234 e. The highest BCUT2D eigenvalue weighted by molar-refractivity contribution is 7.99. The Bertz CT molecular complexity index is 912. The predicted octanol–water partition coefficient (Wildman–Crippen LogP) is 3.66. The van der Waals surface area contributed by atoms with E-state index in [-0.39, 0.29) is 17.5 Å². The van der Waals surface area contributed by atoms with Crippen LogP contribution in [0.4, 0.5) is 10.1 Å². The molecule has 0 aliphatic rings. The standard InChI is InChI=1S/C18H17FN4O2S/c1-11-9-13(5-8-15(11)19)20-16(24)10-26-18-21-17(22-23-18)12-3-6-14(25-2)7-4-12/h3-9H,10H2,1-2H3,(H,20,24)(H,21,22,23). The molecule has 1 aromatic heterocycles. The van der Waals surface area contributed by atoms with Crippen molar-refractivity contribution in [1.29, 1.82) is 0 Å². The quantitative estimate of drug-likeness (QED) is 0.646. The molecule has 0 saturated heterocycles. The van der Waals surface area contributed by atoms with Gasteiger partial charge in [-0.2, -0.15) is 0 Å². The van der Waals surface area contributed by atoms with Gasteiger partial charge in [0.2, 0.25) is 11.1 Å². The number of methoxy groups -OCH3 is 1. The number of aryl methyl sites for hydroxylation is 1. The Hall–Kier alpha value is -2.87. The third kappa shape index (κ3) is 4.40. The van der Waals surface area contributed by atoms with Crippen molar-refractivity contribution in [3.05, 3.63) is 53.8 Å². The number of aromatic nitrogens is 3. The van der Waals surface area contributed by atoms with E-state index in [1.54, 1.807) is 20.1 Å². The van der Waals surface area contributed by atoms with Crippen LogP contribution in [-0.4, -0.2) is 34.0 Å². The van der Waals surface area contributed by atoms with Gasteiger partial charge in [0.1, 0.15) is 11.6 Å². The summed E-state index contributed by atoms with van der Waals surface area (Å²) in [7, 11) is 1.61. The van der Waals surface area contributed by atoms with Crippen LogP contribution in [0, 0.1) is 12.7 Å². The maximum absolute atomic E-state index is 13.2. The van der Waals surface area contributed by atoms with Gasteiger partial charge in [-0.3, -0.25) is 9.89 Å². The molecule has 134 valence electrons. The second kappa shape index (κ2) is 8.01. The molecule has 0 aliphatic heterocycles. The van der Waals surface area contributed by atoms with Crippen molar-refractivity contribution in [3.63, 3.8) is 0 Å². The molecule has 3 rings (SSSR count). The van der Waals surface area contributed by atoms with Crippen LogP contribution >= 0.6 is 11.8 Å². The number of anilines is 1. The van der Waals surface area contributed by atoms with E-state index in [1.807, 2.05) is 24.3 Å². The summed E-state index contributed by atoms with van der Waals surface area (Å²) >= 11 is 1.21. The number of amides is 1. The Balaban J connectivity index is 1.56. The molecule has 2 aromatic carbocycles. The van der Waals surface area contributed by atoms with E-state index in [4.69, 9.17) is 4.74 Å². The fourth-order valence-corrected chi connectivity index (χ4v) is 2.84. The maximum atomic E-state index is 13.2. The molecular formula is C18H17FN4O2S. The van der Waals surface area contributed by atoms with Gasteiger partial charge in [0.25, 0.3) is 0 Å². The summed E-state index contributed by atoms with van der Waals surface area (Å²) in [5.41, 5.74) is 1.91. The second-order valence-corrected chi connectivity index (χ2v) is 6.44. The van der Waals surface area contributed by atoms with E-state index in [9.17, 15) is 9.18 Å². The number of hydrogen-bond donors (Lipinski definition) is 2. The number of halogens is 1. The number of benzene rings is 2. The summed E-state index contributed by atoms with van der Waals surface area (Å²) < 4.78 is 18.4. The number of aromatic amines is 1. The Morgan fingerprint density at radius 3 is 2.73 bits per heavy atom. The number of H-pyrrole nitrogens is 1. The van der Waals surface area contributed by atoms with Gasteiger partial charge in [-0.05, 0) is 55.0 Å². The number of rotatable bonds is 6. The minimum absolute atomic E-state index is 0.149. The first-order valence-electron chi connectivity index (χ1n) is 7.81. The Kier molecular flexibility index (Phi) is 5.52. The summed E-state index contributed by atoms with van der Waals surface area (Å²) in [4.78, 5) is 16.4. The first kappa shape index (κ1) is 17.9. The van der Waals surface area contributed by atoms with Gasteiger partial charge in [-0.1, -0.05) is 11.8 Å². The molecule has 3 aromatic rings. The van der Waals surface area contributed by atoms with Crippen molar-refractivity contribution in [1.82, 2.24) is 15.2 Å². The van der Waals surface area contributed by atoms with Crippen LogP contribution in [0.25, 0.3) is 11.4 Å². The molecule has 8 heteroatoms. The minimum Gasteiger partial charge on any atom is -0.497 e. The van der Waals surface area contributed by atoms with Gasteiger partial charge < -0.3 is 10.1 Å². The molecule has 0 bridgehead atoms. The third-order valence-electron chi connectivity index (χ3n) is 3.60. The van der Waals surface area contributed by atoms with Crippen molar-refractivity contribution in [3.8, 4) is 17.1 Å². The van der Waals surface area contributed by atoms with Gasteiger partial charge in [-0.15, -0.1) is 5.10 Å². The van der Waals surface area contributed by atoms with Crippen molar-refractivity contribution in [2.45, 2.75) is 12.1 Å². The largest absolute Gasteiger partial charge is 0.497 e. The lowest BCUT2D eigenvalue weighted by atomic mass is 10.2. The van der Waals surface area contributed by atoms with Gasteiger partial charge in [0, 0.05) is 11.3 Å². The van der Waals surface area contributed by atoms with Crippen LogP contribution in [0.2, 0.25) is 0 Å². The summed E-state index contributed by atoms with van der Waals surface area (Å²) in [5.74, 6) is 1.01. The topological polar surface area (TPSA) is 79.9 Å². The highest BCUT2D eigenvalue weighted by Crippen LogP contribution is 2.22. The van der Waals surface area contributed by atoms with Crippen LogP contribution < -0.4 is 10.1 Å². The molecule has 0 radical (unpaired) electrons. The van der Waals surface area contributed by atoms with E-state index in [1.165, 1.54) is 23.9 Å². The molecule has 26 heavy (non-hydrogen) atoms. The molecular weight excluding hydrogens is 355 g/mol. The van der Waals surface area contributed by atoms with Crippen LogP contribution in [0.15, 0.2) is 47.6 Å². The van der Waals surface area contributed by atoms with Crippen LogP contribution in [0.1, 0.15) is 5.56 Å². The Morgan fingerprint density at radius 2 is 2.04 bits per heavy atom. The lowest BCUT2D eigenvalue weighted by molar-refractivity contribution is -0.113. The summed E-state index contributed by atoms with van der Waals surface area (Å²) in [5, 5.41) is 10.2. The number of hydrogen-bond acceptors (Lipinski definition) is 5. The molecule has 2 N–H and O–H groups in total. The molecule has 0 unspecified atom stereocenters. The van der Waals surface area contributed by atoms with Gasteiger partial charge in [0.05, 0.1) is 12.9 Å². The number of nitrogens with one attached hydrogen (secondary N) is 2. The van der Waals surface area contributed by atoms with Crippen molar-refractivity contribution in [2.75, 3.05) is 18.2 Å². The van der Waals surface area contributed by atoms with E-state index in [0.717, 1.165) is 11.3 Å². The summed E-state index contributed by atoms with van der Waals surface area (Å²) in [6, 6.07) is 11.9. The van der Waals surface area contributed by atoms with Crippen LogP contribution in [0.5, 0.6) is 5.75 Å². The second-order valence-electron chi connectivity index (χ2n) is 5.50. The van der Waals surface area contributed by atoms with E-state index in [0.29, 0.717) is 22.2 Å². The van der Waals surface area contributed by atoms with E-state index < -0.39 is 0 Å². The number of carbonyl (C=O) groups excluding carboxylic acids is 1. The zero-order chi connectivity index (χ0) is 18.5. The van der Waals surface area contributed by atoms with Crippen molar-refractivity contribution < 1.29 is 13.9 Å². The Labute approximate surface area is 154 Å². The zero-order valence-corrected chi connectivity index (χ0v) is 15.1. The molecule has 0 saturated carbocycles. The minimum atomic E-state index is -0.302. The molecule has 1 heterocycles. The van der Waals surface area contributed by atoms with Crippen molar-refractivity contribution in [2.24, 2.45) is 0 Å². The predicted molar refractivity (Wildman–Crippen MR) is 98.9 cm³/mol. The lowest BCUT2D eigenvalue weighted by Gasteiger charge is -2.05. The van der Waals surface area contributed by atoms with E-state index in [2.05, 4.69) is 20.5 Å². The zero-order valence-electron chi connectivity index (χ0n) is 14.2. The summed E-state index contributed by atoms with van der Waals surface area (Å²) in [6.07, 6.45) is 0. The first-order valence-corrected chi connectivity index (χ1v) is 8.79. The molecule has 1 amide bonds.